The van der Waals surface area contributed by atoms with E-state index >= 15 is 0 Å². The average Bonchev–Trinajstić information content (AvgIpc) is 3.44. The van der Waals surface area contributed by atoms with E-state index in [0.717, 1.165) is 33.2 Å². The molecule has 0 aliphatic carbocycles. The van der Waals surface area contributed by atoms with Crippen LogP contribution in [0.4, 0.5) is 0 Å². The zero-order valence-corrected chi connectivity index (χ0v) is 23.3. The van der Waals surface area contributed by atoms with Gasteiger partial charge in [-0.05, 0) is 52.6 Å². The molecule has 0 aliphatic rings. The standard InChI is InChI=1S/C32H29N5O3S/c1-37-23-34-36-32(37)41-22-26-12-15-28(16-13-26)31(38)35-33-19-27-14-17-29(39-20-24-8-4-2-5-9-24)30(18-27)40-21-25-10-6-3-7-11-25/h2-19,23H,20-22H2,1H3,(H,35,38)/b33-19-. The Labute approximate surface area is 243 Å². The van der Waals surface area contributed by atoms with Gasteiger partial charge < -0.3 is 14.0 Å². The highest BCUT2D eigenvalue weighted by Crippen LogP contribution is 2.30. The number of aryl methyl sites for hydroxylation is 1. The quantitative estimate of drug-likeness (QED) is 0.113. The number of thioether (sulfide) groups is 1. The van der Waals surface area contributed by atoms with Crippen molar-refractivity contribution in [1.29, 1.82) is 0 Å². The van der Waals surface area contributed by atoms with Gasteiger partial charge in [0, 0.05) is 18.4 Å². The van der Waals surface area contributed by atoms with Crippen LogP contribution in [0.5, 0.6) is 11.5 Å². The van der Waals surface area contributed by atoms with E-state index in [0.29, 0.717) is 30.3 Å². The van der Waals surface area contributed by atoms with Gasteiger partial charge >= 0.3 is 0 Å². The summed E-state index contributed by atoms with van der Waals surface area (Å²) in [5, 5.41) is 13.0. The van der Waals surface area contributed by atoms with E-state index in [-0.39, 0.29) is 5.91 Å². The van der Waals surface area contributed by atoms with Gasteiger partial charge in [0.15, 0.2) is 16.7 Å². The Hall–Kier alpha value is -4.89. The number of hydrogen-bond donors (Lipinski definition) is 1. The highest BCUT2D eigenvalue weighted by atomic mass is 32.2. The minimum atomic E-state index is -0.294. The minimum absolute atomic E-state index is 0.294. The normalized spacial score (nSPS) is 11.0. The molecule has 0 spiro atoms. The third-order valence-corrected chi connectivity index (χ3v) is 7.18. The molecule has 41 heavy (non-hydrogen) atoms. The van der Waals surface area contributed by atoms with Gasteiger partial charge in [-0.1, -0.05) is 84.6 Å². The second kappa shape index (κ2) is 14.0. The Kier molecular flexibility index (Phi) is 9.42. The Morgan fingerprint density at radius 3 is 2.15 bits per heavy atom. The molecule has 1 N–H and O–H groups in total. The fourth-order valence-electron chi connectivity index (χ4n) is 3.84. The molecule has 0 saturated heterocycles. The molecule has 1 aromatic heterocycles. The van der Waals surface area contributed by atoms with Crippen molar-refractivity contribution in [2.75, 3.05) is 0 Å². The predicted molar refractivity (Wildman–Crippen MR) is 160 cm³/mol. The largest absolute Gasteiger partial charge is 0.485 e. The Morgan fingerprint density at radius 1 is 0.854 bits per heavy atom. The zero-order chi connectivity index (χ0) is 28.3. The summed E-state index contributed by atoms with van der Waals surface area (Å²) >= 11 is 1.58. The first kappa shape index (κ1) is 27.7. The third-order valence-electron chi connectivity index (χ3n) is 6.08. The van der Waals surface area contributed by atoms with Gasteiger partial charge in [-0.25, -0.2) is 5.43 Å². The van der Waals surface area contributed by atoms with Crippen LogP contribution in [-0.4, -0.2) is 26.9 Å². The monoisotopic (exact) mass is 563 g/mol. The summed E-state index contributed by atoms with van der Waals surface area (Å²) in [5.74, 6) is 1.65. The molecule has 0 unspecified atom stereocenters. The number of carbonyl (C=O) groups excluding carboxylic acids is 1. The number of nitrogens with one attached hydrogen (secondary N) is 1. The molecule has 0 atom stereocenters. The number of ether oxygens (including phenoxy) is 2. The third kappa shape index (κ3) is 8.06. The van der Waals surface area contributed by atoms with E-state index in [4.69, 9.17) is 9.47 Å². The smallest absolute Gasteiger partial charge is 0.271 e. The highest BCUT2D eigenvalue weighted by Gasteiger charge is 2.09. The van der Waals surface area contributed by atoms with E-state index in [1.54, 1.807) is 36.4 Å². The molecular weight excluding hydrogens is 534 g/mol. The molecule has 1 amide bonds. The molecule has 0 fully saturated rings. The van der Waals surface area contributed by atoms with Crippen LogP contribution in [-0.2, 0) is 26.0 Å². The number of benzene rings is 4. The van der Waals surface area contributed by atoms with Crippen LogP contribution < -0.4 is 14.9 Å². The lowest BCUT2D eigenvalue weighted by atomic mass is 10.1. The van der Waals surface area contributed by atoms with Gasteiger partial charge in [-0.3, -0.25) is 4.79 Å². The number of hydrazone groups is 1. The van der Waals surface area contributed by atoms with Gasteiger partial charge in [-0.15, -0.1) is 10.2 Å². The van der Waals surface area contributed by atoms with E-state index in [2.05, 4.69) is 20.7 Å². The van der Waals surface area contributed by atoms with Gasteiger partial charge in [0.25, 0.3) is 5.91 Å². The number of aromatic nitrogens is 3. The van der Waals surface area contributed by atoms with Gasteiger partial charge in [0.1, 0.15) is 19.5 Å². The lowest BCUT2D eigenvalue weighted by molar-refractivity contribution is 0.0955. The fourth-order valence-corrected chi connectivity index (χ4v) is 4.69. The summed E-state index contributed by atoms with van der Waals surface area (Å²) in [6, 6.07) is 32.9. The van der Waals surface area contributed by atoms with E-state index in [9.17, 15) is 4.79 Å². The minimum Gasteiger partial charge on any atom is -0.485 e. The van der Waals surface area contributed by atoms with Crippen LogP contribution >= 0.6 is 11.8 Å². The second-order valence-corrected chi connectivity index (χ2v) is 10.1. The molecular formula is C32H29N5O3S. The highest BCUT2D eigenvalue weighted by molar-refractivity contribution is 7.98. The Morgan fingerprint density at radius 2 is 1.51 bits per heavy atom. The van der Waals surface area contributed by atoms with Crippen LogP contribution in [0.3, 0.4) is 0 Å². The van der Waals surface area contributed by atoms with Gasteiger partial charge in [0.2, 0.25) is 0 Å². The lowest BCUT2D eigenvalue weighted by Crippen LogP contribution is -2.17. The second-order valence-electron chi connectivity index (χ2n) is 9.16. The van der Waals surface area contributed by atoms with Crippen molar-refractivity contribution >= 4 is 23.9 Å². The Balaban J connectivity index is 1.20. The fraction of sp³-hybridized carbons (Fsp3) is 0.125. The number of nitrogens with zero attached hydrogens (tertiary/aromatic N) is 4. The molecule has 8 nitrogen and oxygen atoms in total. The SMILES string of the molecule is Cn1cnnc1SCc1ccc(C(=O)N/N=C\c2ccc(OCc3ccccc3)c(OCc3ccccc3)c2)cc1. The molecule has 0 aliphatic heterocycles. The van der Waals surface area contributed by atoms with Crippen LogP contribution in [0.25, 0.3) is 0 Å². The van der Waals surface area contributed by atoms with Gasteiger partial charge in [-0.2, -0.15) is 5.10 Å². The Bertz CT molecular complexity index is 1590. The maximum absolute atomic E-state index is 12.6. The van der Waals surface area contributed by atoms with E-state index in [1.807, 2.05) is 103 Å². The van der Waals surface area contributed by atoms with Crippen molar-refractivity contribution in [1.82, 2.24) is 20.2 Å². The summed E-state index contributed by atoms with van der Waals surface area (Å²) in [4.78, 5) is 12.6. The maximum Gasteiger partial charge on any atom is 0.271 e. The van der Waals surface area contributed by atoms with E-state index < -0.39 is 0 Å². The van der Waals surface area contributed by atoms with Crippen molar-refractivity contribution in [3.63, 3.8) is 0 Å². The summed E-state index contributed by atoms with van der Waals surface area (Å²) < 4.78 is 14.1. The molecule has 5 aromatic rings. The molecule has 5 rings (SSSR count). The number of hydrogen-bond acceptors (Lipinski definition) is 7. The first-order valence-corrected chi connectivity index (χ1v) is 14.0. The molecule has 9 heteroatoms. The van der Waals surface area contributed by atoms with Crippen molar-refractivity contribution < 1.29 is 14.3 Å². The molecule has 4 aromatic carbocycles. The van der Waals surface area contributed by atoms with Gasteiger partial charge in [0.05, 0.1) is 6.21 Å². The van der Waals surface area contributed by atoms with Crippen LogP contribution in [0.15, 0.2) is 120 Å². The summed E-state index contributed by atoms with van der Waals surface area (Å²) in [5.41, 5.74) is 7.07. The van der Waals surface area contributed by atoms with Crippen molar-refractivity contribution in [2.45, 2.75) is 24.1 Å². The molecule has 206 valence electrons. The number of carbonyl (C=O) groups is 1. The first-order valence-electron chi connectivity index (χ1n) is 13.0. The van der Waals surface area contributed by atoms with E-state index in [1.165, 1.54) is 0 Å². The van der Waals surface area contributed by atoms with Crippen molar-refractivity contribution in [3.8, 4) is 11.5 Å². The van der Waals surface area contributed by atoms with Crippen LogP contribution in [0.2, 0.25) is 0 Å². The van der Waals surface area contributed by atoms with Crippen LogP contribution in [0, 0.1) is 0 Å². The maximum atomic E-state index is 12.6. The number of rotatable bonds is 12. The summed E-state index contributed by atoms with van der Waals surface area (Å²) in [6.07, 6.45) is 3.25. The molecule has 0 radical (unpaired) electrons. The molecule has 0 saturated carbocycles. The average molecular weight is 564 g/mol. The van der Waals surface area contributed by atoms with Crippen LogP contribution in [0.1, 0.15) is 32.6 Å². The lowest BCUT2D eigenvalue weighted by Gasteiger charge is -2.14. The topological polar surface area (TPSA) is 90.6 Å². The summed E-state index contributed by atoms with van der Waals surface area (Å²) in [6.45, 7) is 0.816. The number of amides is 1. The first-order chi connectivity index (χ1) is 20.1. The molecule has 1 heterocycles. The van der Waals surface area contributed by atoms with Crippen molar-refractivity contribution in [2.24, 2.45) is 12.1 Å². The summed E-state index contributed by atoms with van der Waals surface area (Å²) in [7, 11) is 1.91. The zero-order valence-electron chi connectivity index (χ0n) is 22.5. The molecule has 0 bridgehead atoms. The van der Waals surface area contributed by atoms with Crippen molar-refractivity contribution in [3.05, 3.63) is 137 Å². The predicted octanol–water partition coefficient (Wildman–Crippen LogP) is 6.03.